The summed E-state index contributed by atoms with van der Waals surface area (Å²) in [6, 6.07) is 5.66. The third-order valence-electron chi connectivity index (χ3n) is 5.48. The van der Waals surface area contributed by atoms with Gasteiger partial charge in [-0.25, -0.2) is 14.3 Å². The first kappa shape index (κ1) is 19.6. The summed E-state index contributed by atoms with van der Waals surface area (Å²) in [6.07, 6.45) is 2.29. The number of aromatic nitrogens is 5. The first-order valence-electron chi connectivity index (χ1n) is 10.0. The Labute approximate surface area is 169 Å². The lowest BCUT2D eigenvalue weighted by Gasteiger charge is -2.22. The standard InChI is InChI=1S/C21H28N6O2/c1-12(28)16-9-8-15-19(25-26(5)20(15)22-16)23-18-11-17(13-6-7-14(29)10-13)24-27(18)21(2,3)4/h8-9,11,13-14,29H,6-7,10H2,1-5H3,(H,23,25). The number of pyridine rings is 1. The lowest BCUT2D eigenvalue weighted by Crippen LogP contribution is -2.24. The van der Waals surface area contributed by atoms with E-state index in [9.17, 15) is 9.90 Å². The minimum absolute atomic E-state index is 0.0724. The Hall–Kier alpha value is -2.74. The van der Waals surface area contributed by atoms with Crippen LogP contribution >= 0.6 is 0 Å². The number of fused-ring (bicyclic) bond motifs is 1. The molecule has 2 unspecified atom stereocenters. The lowest BCUT2D eigenvalue weighted by atomic mass is 10.0. The van der Waals surface area contributed by atoms with E-state index in [0.29, 0.717) is 17.2 Å². The maximum absolute atomic E-state index is 11.7. The number of anilines is 2. The van der Waals surface area contributed by atoms with Crippen LogP contribution in [0.1, 0.15) is 69.1 Å². The zero-order valence-electron chi connectivity index (χ0n) is 17.6. The molecule has 3 heterocycles. The molecule has 29 heavy (non-hydrogen) atoms. The molecule has 3 aromatic rings. The van der Waals surface area contributed by atoms with Crippen LogP contribution < -0.4 is 5.32 Å². The number of nitrogens with zero attached hydrogens (tertiary/aromatic N) is 5. The molecule has 1 fully saturated rings. The molecular weight excluding hydrogens is 368 g/mol. The maximum atomic E-state index is 11.7. The lowest BCUT2D eigenvalue weighted by molar-refractivity contribution is 0.101. The van der Waals surface area contributed by atoms with Crippen molar-refractivity contribution < 1.29 is 9.90 Å². The molecule has 4 rings (SSSR count). The molecule has 0 aromatic carbocycles. The summed E-state index contributed by atoms with van der Waals surface area (Å²) in [7, 11) is 1.82. The van der Waals surface area contributed by atoms with E-state index < -0.39 is 0 Å². The minimum Gasteiger partial charge on any atom is -0.393 e. The van der Waals surface area contributed by atoms with E-state index in [1.54, 1.807) is 10.7 Å². The Kier molecular flexibility index (Phi) is 4.69. The number of rotatable bonds is 4. The topological polar surface area (TPSA) is 97.9 Å². The molecule has 0 amide bonds. The molecule has 8 heteroatoms. The van der Waals surface area contributed by atoms with E-state index in [4.69, 9.17) is 5.10 Å². The van der Waals surface area contributed by atoms with Gasteiger partial charge in [0, 0.05) is 26.0 Å². The van der Waals surface area contributed by atoms with Crippen molar-refractivity contribution in [2.45, 2.75) is 64.5 Å². The predicted octanol–water partition coefficient (Wildman–Crippen LogP) is 3.49. The normalized spacial score (nSPS) is 19.8. The highest BCUT2D eigenvalue weighted by Crippen LogP contribution is 2.37. The van der Waals surface area contributed by atoms with E-state index in [1.807, 2.05) is 17.8 Å². The second-order valence-corrected chi connectivity index (χ2v) is 8.92. The van der Waals surface area contributed by atoms with Crippen molar-refractivity contribution in [3.05, 3.63) is 29.6 Å². The van der Waals surface area contributed by atoms with Gasteiger partial charge in [0.05, 0.1) is 22.7 Å². The van der Waals surface area contributed by atoms with Crippen LogP contribution in [0.2, 0.25) is 0 Å². The van der Waals surface area contributed by atoms with Gasteiger partial charge in [0.2, 0.25) is 0 Å². The average Bonchev–Trinajstić information content (AvgIpc) is 3.33. The summed E-state index contributed by atoms with van der Waals surface area (Å²) in [5.41, 5.74) is 1.86. The number of carbonyl (C=O) groups is 1. The maximum Gasteiger partial charge on any atom is 0.178 e. The second-order valence-electron chi connectivity index (χ2n) is 8.92. The van der Waals surface area contributed by atoms with Gasteiger partial charge < -0.3 is 10.4 Å². The number of aliphatic hydroxyl groups excluding tert-OH is 1. The number of nitrogens with one attached hydrogen (secondary N) is 1. The molecule has 8 nitrogen and oxygen atoms in total. The number of aryl methyl sites for hydroxylation is 1. The van der Waals surface area contributed by atoms with Crippen LogP contribution in [0.5, 0.6) is 0 Å². The SMILES string of the molecule is CC(=O)c1ccc2c(Nc3cc(C4CCC(O)C4)nn3C(C)(C)C)nn(C)c2n1. The van der Waals surface area contributed by atoms with Crippen molar-refractivity contribution in [1.82, 2.24) is 24.5 Å². The van der Waals surface area contributed by atoms with Crippen molar-refractivity contribution in [3.63, 3.8) is 0 Å². The molecular formula is C21H28N6O2. The van der Waals surface area contributed by atoms with Crippen LogP contribution in [-0.2, 0) is 12.6 Å². The summed E-state index contributed by atoms with van der Waals surface area (Å²) >= 11 is 0. The Morgan fingerprint density at radius 3 is 2.62 bits per heavy atom. The zero-order chi connectivity index (χ0) is 20.9. The van der Waals surface area contributed by atoms with Gasteiger partial charge in [-0.15, -0.1) is 0 Å². The number of Topliss-reactive ketones (excluding diaryl/α,β-unsaturated/α-hetero) is 1. The van der Waals surface area contributed by atoms with E-state index in [1.165, 1.54) is 6.92 Å². The summed E-state index contributed by atoms with van der Waals surface area (Å²) < 4.78 is 3.65. The average molecular weight is 396 g/mol. The quantitative estimate of drug-likeness (QED) is 0.655. The van der Waals surface area contributed by atoms with Crippen molar-refractivity contribution in [2.75, 3.05) is 5.32 Å². The molecule has 2 atom stereocenters. The number of carbonyl (C=O) groups excluding carboxylic acids is 1. The molecule has 0 saturated heterocycles. The summed E-state index contributed by atoms with van der Waals surface area (Å²) in [6.45, 7) is 7.83. The van der Waals surface area contributed by atoms with E-state index in [-0.39, 0.29) is 23.3 Å². The molecule has 0 bridgehead atoms. The van der Waals surface area contributed by atoms with Crippen LogP contribution in [0.3, 0.4) is 0 Å². The van der Waals surface area contributed by atoms with Gasteiger partial charge in [-0.05, 0) is 52.2 Å². The molecule has 1 aliphatic rings. The molecule has 1 aliphatic carbocycles. The molecule has 0 aliphatic heterocycles. The highest BCUT2D eigenvalue weighted by molar-refractivity contribution is 5.96. The monoisotopic (exact) mass is 396 g/mol. The summed E-state index contributed by atoms with van der Waals surface area (Å²) in [5.74, 6) is 1.73. The molecule has 0 radical (unpaired) electrons. The first-order chi connectivity index (χ1) is 13.6. The Bertz CT molecular complexity index is 1070. The molecule has 3 aromatic heterocycles. The highest BCUT2D eigenvalue weighted by atomic mass is 16.3. The molecule has 154 valence electrons. The Balaban J connectivity index is 1.74. The summed E-state index contributed by atoms with van der Waals surface area (Å²) in [5, 5.41) is 23.6. The van der Waals surface area contributed by atoms with Crippen LogP contribution in [0.25, 0.3) is 11.0 Å². The Morgan fingerprint density at radius 2 is 2.00 bits per heavy atom. The molecule has 2 N–H and O–H groups in total. The van der Waals surface area contributed by atoms with E-state index in [0.717, 1.165) is 36.2 Å². The predicted molar refractivity (Wildman–Crippen MR) is 112 cm³/mol. The van der Waals surface area contributed by atoms with Crippen molar-refractivity contribution in [3.8, 4) is 0 Å². The highest BCUT2D eigenvalue weighted by Gasteiger charge is 2.29. The molecule has 1 saturated carbocycles. The van der Waals surface area contributed by atoms with Gasteiger partial charge in [0.1, 0.15) is 11.5 Å². The fraction of sp³-hybridized carbons (Fsp3) is 0.524. The number of aliphatic hydroxyl groups is 1. The van der Waals surface area contributed by atoms with Crippen molar-refractivity contribution in [1.29, 1.82) is 0 Å². The van der Waals surface area contributed by atoms with Crippen molar-refractivity contribution >= 4 is 28.5 Å². The van der Waals surface area contributed by atoms with Crippen LogP contribution in [0, 0.1) is 0 Å². The number of hydrogen-bond acceptors (Lipinski definition) is 6. The second kappa shape index (κ2) is 6.95. The van der Waals surface area contributed by atoms with Gasteiger partial charge >= 0.3 is 0 Å². The van der Waals surface area contributed by atoms with E-state index in [2.05, 4.69) is 42.2 Å². The van der Waals surface area contributed by atoms with Gasteiger partial charge in [0.25, 0.3) is 0 Å². The van der Waals surface area contributed by atoms with E-state index >= 15 is 0 Å². The van der Waals surface area contributed by atoms with Crippen LogP contribution in [0.4, 0.5) is 11.6 Å². The van der Waals surface area contributed by atoms with Crippen molar-refractivity contribution in [2.24, 2.45) is 7.05 Å². The third-order valence-corrected chi connectivity index (χ3v) is 5.48. The van der Waals surface area contributed by atoms with Crippen LogP contribution in [-0.4, -0.2) is 41.5 Å². The fourth-order valence-electron chi connectivity index (χ4n) is 3.97. The largest absolute Gasteiger partial charge is 0.393 e. The third kappa shape index (κ3) is 3.64. The summed E-state index contributed by atoms with van der Waals surface area (Å²) in [4.78, 5) is 16.1. The first-order valence-corrected chi connectivity index (χ1v) is 10.0. The van der Waals surface area contributed by atoms with Gasteiger partial charge in [-0.2, -0.15) is 10.2 Å². The zero-order valence-corrected chi connectivity index (χ0v) is 17.6. The Morgan fingerprint density at radius 1 is 1.24 bits per heavy atom. The number of ketones is 1. The van der Waals surface area contributed by atoms with Gasteiger partial charge in [-0.3, -0.25) is 4.79 Å². The minimum atomic E-state index is -0.238. The van der Waals surface area contributed by atoms with Gasteiger partial charge in [-0.1, -0.05) is 0 Å². The van der Waals surface area contributed by atoms with Gasteiger partial charge in [0.15, 0.2) is 17.2 Å². The smallest absolute Gasteiger partial charge is 0.178 e. The van der Waals surface area contributed by atoms with Crippen LogP contribution in [0.15, 0.2) is 18.2 Å². The molecule has 0 spiro atoms. The fourth-order valence-corrected chi connectivity index (χ4v) is 3.97. The number of hydrogen-bond donors (Lipinski definition) is 2.